The second kappa shape index (κ2) is 5.47. The number of likely N-dealkylation sites (tertiary alicyclic amines) is 2. The van der Waals surface area contributed by atoms with Crippen LogP contribution in [0.2, 0.25) is 0 Å². The van der Waals surface area contributed by atoms with Crippen LogP contribution in [0.3, 0.4) is 0 Å². The van der Waals surface area contributed by atoms with Crippen LogP contribution in [0.25, 0.3) is 0 Å². The Morgan fingerprint density at radius 3 is 2.17 bits per heavy atom. The van der Waals surface area contributed by atoms with E-state index in [-0.39, 0.29) is 12.2 Å². The van der Waals surface area contributed by atoms with E-state index in [1.807, 2.05) is 4.90 Å². The molecule has 3 rings (SSSR count). The molecule has 102 valence electrons. The highest BCUT2D eigenvalue weighted by molar-refractivity contribution is 5.68. The first-order chi connectivity index (χ1) is 8.83. The molecule has 0 aromatic rings. The first-order valence-corrected chi connectivity index (χ1v) is 7.52. The van der Waals surface area contributed by atoms with Crippen molar-refractivity contribution in [2.24, 2.45) is 0 Å². The van der Waals surface area contributed by atoms with Crippen LogP contribution in [0.15, 0.2) is 0 Å². The maximum atomic E-state index is 11.8. The van der Waals surface area contributed by atoms with Crippen molar-refractivity contribution in [3.05, 3.63) is 0 Å². The molecule has 2 aliphatic heterocycles. The van der Waals surface area contributed by atoms with Gasteiger partial charge in [0.25, 0.3) is 0 Å². The predicted octanol–water partition coefficient (Wildman–Crippen LogP) is 2.24. The Kier molecular flexibility index (Phi) is 3.73. The Hall–Kier alpha value is -0.770. The molecule has 4 nitrogen and oxygen atoms in total. The highest BCUT2D eigenvalue weighted by atomic mass is 16.6. The number of carbonyl (C=O) groups is 1. The summed E-state index contributed by atoms with van der Waals surface area (Å²) in [4.78, 5) is 16.4. The van der Waals surface area contributed by atoms with Crippen molar-refractivity contribution >= 4 is 6.09 Å². The molecule has 0 N–H and O–H groups in total. The van der Waals surface area contributed by atoms with Gasteiger partial charge in [-0.1, -0.05) is 6.42 Å². The molecular weight excluding hydrogens is 228 g/mol. The molecule has 1 amide bonds. The van der Waals surface area contributed by atoms with Gasteiger partial charge in [-0.15, -0.1) is 0 Å². The number of hydrogen-bond acceptors (Lipinski definition) is 3. The topological polar surface area (TPSA) is 32.8 Å². The zero-order chi connectivity index (χ0) is 12.4. The Balaban J connectivity index is 1.43. The monoisotopic (exact) mass is 252 g/mol. The standard InChI is InChI=1S/C14H24N2O2/c17-14(18-13-4-5-13)16-10-6-12(7-11-16)15-8-2-1-3-9-15/h12-13H,1-11H2. The van der Waals surface area contributed by atoms with Crippen LogP contribution in [-0.4, -0.2) is 54.2 Å². The van der Waals surface area contributed by atoms with Crippen LogP contribution in [-0.2, 0) is 4.74 Å². The number of ether oxygens (including phenoxy) is 1. The van der Waals surface area contributed by atoms with Crippen molar-refractivity contribution < 1.29 is 9.53 Å². The van der Waals surface area contributed by atoms with Gasteiger partial charge in [0, 0.05) is 19.1 Å². The Morgan fingerprint density at radius 2 is 1.56 bits per heavy atom. The van der Waals surface area contributed by atoms with Crippen LogP contribution < -0.4 is 0 Å². The van der Waals surface area contributed by atoms with Gasteiger partial charge in [-0.2, -0.15) is 0 Å². The minimum absolute atomic E-state index is 0.0744. The lowest BCUT2D eigenvalue weighted by molar-refractivity contribution is 0.0626. The molecule has 1 saturated carbocycles. The van der Waals surface area contributed by atoms with Crippen LogP contribution in [0, 0.1) is 0 Å². The largest absolute Gasteiger partial charge is 0.446 e. The van der Waals surface area contributed by atoms with E-state index in [0.29, 0.717) is 6.04 Å². The molecule has 0 bridgehead atoms. The van der Waals surface area contributed by atoms with Crippen LogP contribution in [0.5, 0.6) is 0 Å². The summed E-state index contributed by atoms with van der Waals surface area (Å²) in [6.07, 6.45) is 8.63. The van der Waals surface area contributed by atoms with Crippen molar-refractivity contribution in [2.45, 2.75) is 57.1 Å². The summed E-state index contributed by atoms with van der Waals surface area (Å²) in [5, 5.41) is 0. The Labute approximate surface area is 109 Å². The third kappa shape index (κ3) is 2.97. The van der Waals surface area contributed by atoms with Gasteiger partial charge in [-0.25, -0.2) is 4.79 Å². The predicted molar refractivity (Wildman–Crippen MR) is 69.5 cm³/mol. The second-order valence-electron chi connectivity index (χ2n) is 5.90. The van der Waals surface area contributed by atoms with Crippen molar-refractivity contribution in [1.82, 2.24) is 9.80 Å². The summed E-state index contributed by atoms with van der Waals surface area (Å²) >= 11 is 0. The molecule has 18 heavy (non-hydrogen) atoms. The quantitative estimate of drug-likeness (QED) is 0.755. The number of carbonyl (C=O) groups excluding carboxylic acids is 1. The van der Waals surface area contributed by atoms with Crippen molar-refractivity contribution in [2.75, 3.05) is 26.2 Å². The molecule has 1 aliphatic carbocycles. The summed E-state index contributed by atoms with van der Waals surface area (Å²) in [7, 11) is 0. The summed E-state index contributed by atoms with van der Waals surface area (Å²) in [6.45, 7) is 4.29. The summed E-state index contributed by atoms with van der Waals surface area (Å²) < 4.78 is 5.35. The van der Waals surface area contributed by atoms with E-state index in [0.717, 1.165) is 38.8 Å². The molecule has 3 fully saturated rings. The first-order valence-electron chi connectivity index (χ1n) is 7.52. The normalized spacial score (nSPS) is 27.2. The highest BCUT2D eigenvalue weighted by Crippen LogP contribution is 2.26. The van der Waals surface area contributed by atoms with E-state index < -0.39 is 0 Å². The number of nitrogens with zero attached hydrogens (tertiary/aromatic N) is 2. The molecule has 0 radical (unpaired) electrons. The smallest absolute Gasteiger partial charge is 0.410 e. The Bertz CT molecular complexity index is 290. The lowest BCUT2D eigenvalue weighted by Gasteiger charge is -2.39. The molecule has 2 saturated heterocycles. The van der Waals surface area contributed by atoms with E-state index in [1.165, 1.54) is 32.4 Å². The Morgan fingerprint density at radius 1 is 0.889 bits per heavy atom. The molecule has 4 heteroatoms. The lowest BCUT2D eigenvalue weighted by atomic mass is 10.0. The average molecular weight is 252 g/mol. The minimum Gasteiger partial charge on any atom is -0.446 e. The highest BCUT2D eigenvalue weighted by Gasteiger charge is 2.31. The molecule has 0 aromatic heterocycles. The lowest BCUT2D eigenvalue weighted by Crippen LogP contribution is -2.48. The van der Waals surface area contributed by atoms with Gasteiger partial charge in [0.1, 0.15) is 6.10 Å². The van der Waals surface area contributed by atoms with Gasteiger partial charge in [0.2, 0.25) is 0 Å². The number of piperidine rings is 2. The van der Waals surface area contributed by atoms with Crippen molar-refractivity contribution in [3.8, 4) is 0 Å². The molecule has 0 aromatic carbocycles. The van der Waals surface area contributed by atoms with Crippen LogP contribution >= 0.6 is 0 Å². The van der Waals surface area contributed by atoms with E-state index in [1.54, 1.807) is 0 Å². The first kappa shape index (κ1) is 12.3. The van der Waals surface area contributed by atoms with Crippen LogP contribution in [0.4, 0.5) is 4.79 Å². The van der Waals surface area contributed by atoms with Gasteiger partial charge in [-0.3, -0.25) is 0 Å². The van der Waals surface area contributed by atoms with Gasteiger partial charge in [0.05, 0.1) is 0 Å². The fourth-order valence-electron chi connectivity index (χ4n) is 3.10. The third-order valence-electron chi connectivity index (χ3n) is 4.42. The second-order valence-corrected chi connectivity index (χ2v) is 5.90. The molecule has 2 heterocycles. The van der Waals surface area contributed by atoms with Gasteiger partial charge >= 0.3 is 6.09 Å². The maximum absolute atomic E-state index is 11.8. The molecule has 0 atom stereocenters. The number of amides is 1. The van der Waals surface area contributed by atoms with E-state index in [2.05, 4.69) is 4.90 Å². The summed E-state index contributed by atoms with van der Waals surface area (Å²) in [5.41, 5.74) is 0. The summed E-state index contributed by atoms with van der Waals surface area (Å²) in [6, 6.07) is 0.704. The number of hydrogen-bond donors (Lipinski definition) is 0. The van der Waals surface area contributed by atoms with Gasteiger partial charge in [-0.05, 0) is 51.6 Å². The molecule has 0 spiro atoms. The van der Waals surface area contributed by atoms with Crippen LogP contribution in [0.1, 0.15) is 44.9 Å². The maximum Gasteiger partial charge on any atom is 0.410 e. The summed E-state index contributed by atoms with van der Waals surface area (Å²) in [5.74, 6) is 0. The minimum atomic E-state index is -0.0744. The molecular formula is C14H24N2O2. The van der Waals surface area contributed by atoms with Crippen molar-refractivity contribution in [1.29, 1.82) is 0 Å². The average Bonchev–Trinajstić information content (AvgIpc) is 3.24. The fraction of sp³-hybridized carbons (Fsp3) is 0.929. The van der Waals surface area contributed by atoms with Gasteiger partial charge < -0.3 is 14.5 Å². The van der Waals surface area contributed by atoms with Crippen molar-refractivity contribution in [3.63, 3.8) is 0 Å². The SMILES string of the molecule is O=C(OC1CC1)N1CCC(N2CCCCC2)CC1. The van der Waals surface area contributed by atoms with E-state index in [9.17, 15) is 4.79 Å². The molecule has 0 unspecified atom stereocenters. The third-order valence-corrected chi connectivity index (χ3v) is 4.42. The molecule has 3 aliphatic rings. The zero-order valence-electron chi connectivity index (χ0n) is 11.1. The van der Waals surface area contributed by atoms with E-state index >= 15 is 0 Å². The number of rotatable bonds is 2. The van der Waals surface area contributed by atoms with E-state index in [4.69, 9.17) is 4.74 Å². The van der Waals surface area contributed by atoms with Gasteiger partial charge in [0.15, 0.2) is 0 Å². The zero-order valence-corrected chi connectivity index (χ0v) is 11.1. The fourth-order valence-corrected chi connectivity index (χ4v) is 3.10.